The fourth-order valence-corrected chi connectivity index (χ4v) is 4.53. The molecule has 6 nitrogen and oxygen atoms in total. The summed E-state index contributed by atoms with van der Waals surface area (Å²) in [6, 6.07) is 5.83. The van der Waals surface area contributed by atoms with Crippen LogP contribution in [0.3, 0.4) is 0 Å². The number of nitrogens with zero attached hydrogens (tertiary/aromatic N) is 3. The van der Waals surface area contributed by atoms with E-state index in [4.69, 9.17) is 4.74 Å². The lowest BCUT2D eigenvalue weighted by Crippen LogP contribution is -2.52. The van der Waals surface area contributed by atoms with Crippen LogP contribution in [0.5, 0.6) is 0 Å². The number of hydrogen-bond donors (Lipinski definition) is 0. The molecule has 3 fully saturated rings. The van der Waals surface area contributed by atoms with E-state index in [1.165, 1.54) is 0 Å². The van der Waals surface area contributed by atoms with Gasteiger partial charge >= 0.3 is 0 Å². The molecule has 0 radical (unpaired) electrons. The van der Waals surface area contributed by atoms with Gasteiger partial charge in [0.05, 0.1) is 24.8 Å². The second kappa shape index (κ2) is 7.35. The number of aromatic nitrogens is 1. The monoisotopic (exact) mass is 357 g/mol. The largest absolute Gasteiger partial charge is 0.381 e. The molecule has 4 heterocycles. The molecule has 1 atom stereocenters. The molecule has 4 rings (SSSR count). The Labute approximate surface area is 154 Å². The van der Waals surface area contributed by atoms with Gasteiger partial charge in [0, 0.05) is 38.9 Å². The molecule has 0 aliphatic carbocycles. The lowest BCUT2D eigenvalue weighted by molar-refractivity contribution is -0.144. The second-order valence-corrected chi connectivity index (χ2v) is 7.96. The van der Waals surface area contributed by atoms with E-state index in [-0.39, 0.29) is 23.1 Å². The van der Waals surface area contributed by atoms with E-state index in [2.05, 4.69) is 4.98 Å². The van der Waals surface area contributed by atoms with E-state index in [1.807, 2.05) is 28.0 Å². The number of amides is 2. The van der Waals surface area contributed by atoms with Gasteiger partial charge in [-0.25, -0.2) is 0 Å². The number of carbonyl (C=O) groups excluding carboxylic acids is 2. The molecular formula is C20H27N3O3. The number of carbonyl (C=O) groups is 2. The highest BCUT2D eigenvalue weighted by Crippen LogP contribution is 2.41. The van der Waals surface area contributed by atoms with Crippen LogP contribution in [0.2, 0.25) is 0 Å². The standard InChI is InChI=1S/C20H27N3O3/c24-18-4-6-20(15-23(18)13-17-3-1-2-9-21-17)7-10-22(11-8-20)19(25)16-5-12-26-14-16/h1-3,9,16H,4-8,10-15H2/t16-/m1/s1. The molecule has 0 saturated carbocycles. The number of rotatable bonds is 3. The van der Waals surface area contributed by atoms with Crippen LogP contribution in [0.4, 0.5) is 0 Å². The van der Waals surface area contributed by atoms with Crippen molar-refractivity contribution in [2.24, 2.45) is 11.3 Å². The maximum atomic E-state index is 12.6. The molecule has 140 valence electrons. The van der Waals surface area contributed by atoms with E-state index in [9.17, 15) is 9.59 Å². The van der Waals surface area contributed by atoms with Crippen LogP contribution in [0.15, 0.2) is 24.4 Å². The maximum absolute atomic E-state index is 12.6. The zero-order valence-electron chi connectivity index (χ0n) is 15.2. The van der Waals surface area contributed by atoms with Gasteiger partial charge in [-0.05, 0) is 43.2 Å². The molecule has 2 amide bonds. The summed E-state index contributed by atoms with van der Waals surface area (Å²) in [5, 5.41) is 0. The lowest BCUT2D eigenvalue weighted by atomic mass is 9.72. The number of likely N-dealkylation sites (tertiary alicyclic amines) is 2. The first-order valence-corrected chi connectivity index (χ1v) is 9.69. The van der Waals surface area contributed by atoms with Crippen LogP contribution >= 0.6 is 0 Å². The van der Waals surface area contributed by atoms with Gasteiger partial charge in [-0.15, -0.1) is 0 Å². The van der Waals surface area contributed by atoms with Crippen LogP contribution in [0.1, 0.15) is 37.8 Å². The van der Waals surface area contributed by atoms with Gasteiger partial charge in [-0.1, -0.05) is 6.07 Å². The van der Waals surface area contributed by atoms with Crippen molar-refractivity contribution in [2.75, 3.05) is 32.8 Å². The Hall–Kier alpha value is -1.95. The van der Waals surface area contributed by atoms with Gasteiger partial charge in [-0.3, -0.25) is 14.6 Å². The predicted octanol–water partition coefficient (Wildman–Crippen LogP) is 1.85. The van der Waals surface area contributed by atoms with Crippen molar-refractivity contribution in [2.45, 2.75) is 38.6 Å². The first-order chi connectivity index (χ1) is 12.7. The fraction of sp³-hybridized carbons (Fsp3) is 0.650. The number of hydrogen-bond acceptors (Lipinski definition) is 4. The van der Waals surface area contributed by atoms with Crippen LogP contribution in [-0.2, 0) is 20.9 Å². The maximum Gasteiger partial charge on any atom is 0.228 e. The predicted molar refractivity (Wildman–Crippen MR) is 96.1 cm³/mol. The molecule has 3 aliphatic heterocycles. The third kappa shape index (κ3) is 3.61. The summed E-state index contributed by atoms with van der Waals surface area (Å²) >= 11 is 0. The van der Waals surface area contributed by atoms with Gasteiger partial charge in [0.25, 0.3) is 0 Å². The molecule has 6 heteroatoms. The van der Waals surface area contributed by atoms with Crippen LogP contribution in [-0.4, -0.2) is 59.4 Å². The van der Waals surface area contributed by atoms with Gasteiger partial charge < -0.3 is 14.5 Å². The molecule has 1 spiro atoms. The van der Waals surface area contributed by atoms with Crippen molar-refractivity contribution in [3.05, 3.63) is 30.1 Å². The highest BCUT2D eigenvalue weighted by Gasteiger charge is 2.42. The molecule has 1 aromatic heterocycles. The third-order valence-corrected chi connectivity index (χ3v) is 6.24. The molecule has 0 unspecified atom stereocenters. The van der Waals surface area contributed by atoms with Gasteiger partial charge in [0.1, 0.15) is 0 Å². The summed E-state index contributed by atoms with van der Waals surface area (Å²) in [6.45, 7) is 4.27. The summed E-state index contributed by atoms with van der Waals surface area (Å²) in [6.07, 6.45) is 6.15. The average molecular weight is 357 g/mol. The van der Waals surface area contributed by atoms with Gasteiger partial charge in [0.2, 0.25) is 11.8 Å². The first-order valence-electron chi connectivity index (χ1n) is 9.69. The Bertz CT molecular complexity index is 650. The van der Waals surface area contributed by atoms with Gasteiger partial charge in [-0.2, -0.15) is 0 Å². The minimum atomic E-state index is 0.0534. The average Bonchev–Trinajstić information content (AvgIpc) is 3.21. The number of piperidine rings is 2. The van der Waals surface area contributed by atoms with Crippen molar-refractivity contribution in [3.8, 4) is 0 Å². The number of pyridine rings is 1. The summed E-state index contributed by atoms with van der Waals surface area (Å²) in [5.74, 6) is 0.537. The van der Waals surface area contributed by atoms with E-state index in [0.29, 0.717) is 26.2 Å². The summed E-state index contributed by atoms with van der Waals surface area (Å²) in [5.41, 5.74) is 1.10. The minimum absolute atomic E-state index is 0.0534. The molecule has 26 heavy (non-hydrogen) atoms. The lowest BCUT2D eigenvalue weighted by Gasteiger charge is -2.47. The zero-order chi connectivity index (χ0) is 18.0. The molecule has 0 aromatic carbocycles. The van der Waals surface area contributed by atoms with E-state index in [0.717, 1.165) is 51.0 Å². The SMILES string of the molecule is O=C1CCC2(CCN(C(=O)[C@@H]3CCOC3)CC2)CN1Cc1ccccn1. The molecule has 0 bridgehead atoms. The number of ether oxygens (including phenoxy) is 1. The highest BCUT2D eigenvalue weighted by molar-refractivity contribution is 5.79. The molecule has 1 aromatic rings. The summed E-state index contributed by atoms with van der Waals surface area (Å²) < 4.78 is 5.36. The fourth-order valence-electron chi connectivity index (χ4n) is 4.53. The van der Waals surface area contributed by atoms with Crippen LogP contribution in [0.25, 0.3) is 0 Å². The quantitative estimate of drug-likeness (QED) is 0.828. The second-order valence-electron chi connectivity index (χ2n) is 7.96. The Morgan fingerprint density at radius 1 is 1.27 bits per heavy atom. The van der Waals surface area contributed by atoms with E-state index in [1.54, 1.807) is 6.20 Å². The first kappa shape index (κ1) is 17.5. The Morgan fingerprint density at radius 2 is 2.12 bits per heavy atom. The summed E-state index contributed by atoms with van der Waals surface area (Å²) in [7, 11) is 0. The van der Waals surface area contributed by atoms with Crippen molar-refractivity contribution >= 4 is 11.8 Å². The van der Waals surface area contributed by atoms with Crippen LogP contribution in [0, 0.1) is 11.3 Å². The van der Waals surface area contributed by atoms with Crippen LogP contribution < -0.4 is 0 Å². The van der Waals surface area contributed by atoms with Crippen molar-refractivity contribution in [3.63, 3.8) is 0 Å². The summed E-state index contributed by atoms with van der Waals surface area (Å²) in [4.78, 5) is 33.3. The molecule has 3 aliphatic rings. The normalized spacial score (nSPS) is 25.7. The Morgan fingerprint density at radius 3 is 2.81 bits per heavy atom. The topological polar surface area (TPSA) is 62.7 Å². The third-order valence-electron chi connectivity index (χ3n) is 6.24. The Kier molecular flexibility index (Phi) is 4.94. The zero-order valence-corrected chi connectivity index (χ0v) is 15.2. The van der Waals surface area contributed by atoms with Crippen molar-refractivity contribution < 1.29 is 14.3 Å². The smallest absolute Gasteiger partial charge is 0.228 e. The van der Waals surface area contributed by atoms with E-state index >= 15 is 0 Å². The minimum Gasteiger partial charge on any atom is -0.381 e. The van der Waals surface area contributed by atoms with E-state index < -0.39 is 0 Å². The highest BCUT2D eigenvalue weighted by atomic mass is 16.5. The Balaban J connectivity index is 1.37. The van der Waals surface area contributed by atoms with Crippen molar-refractivity contribution in [1.29, 1.82) is 0 Å². The van der Waals surface area contributed by atoms with Gasteiger partial charge in [0.15, 0.2) is 0 Å². The molecule has 0 N–H and O–H groups in total. The van der Waals surface area contributed by atoms with Crippen molar-refractivity contribution in [1.82, 2.24) is 14.8 Å². The molecule has 3 saturated heterocycles. The molecular weight excluding hydrogens is 330 g/mol.